The number of hydrogen-bond donors (Lipinski definition) is 0. The molecule has 26 heavy (non-hydrogen) atoms. The Bertz CT molecular complexity index is 630. The van der Waals surface area contributed by atoms with E-state index in [4.69, 9.17) is 4.74 Å². The number of carbonyl (C=O) groups excluding carboxylic acids is 2. The van der Waals surface area contributed by atoms with E-state index in [0.29, 0.717) is 13.1 Å². The number of rotatable bonds is 7. The van der Waals surface area contributed by atoms with Crippen LogP contribution in [0.25, 0.3) is 0 Å². The third-order valence-corrected chi connectivity index (χ3v) is 5.10. The zero-order chi connectivity index (χ0) is 18.7. The molecule has 6 heteroatoms. The van der Waals surface area contributed by atoms with E-state index in [2.05, 4.69) is 4.90 Å². The van der Waals surface area contributed by atoms with Gasteiger partial charge in [0.1, 0.15) is 6.61 Å². The van der Waals surface area contributed by atoms with Crippen LogP contribution >= 0.6 is 0 Å². The van der Waals surface area contributed by atoms with Crippen LogP contribution in [0.3, 0.4) is 0 Å². The number of ether oxygens (including phenoxy) is 1. The molecular formula is C20H29N3O3. The molecule has 2 amide bonds. The van der Waals surface area contributed by atoms with Crippen molar-refractivity contribution < 1.29 is 14.3 Å². The lowest BCUT2D eigenvalue weighted by Crippen LogP contribution is -2.56. The lowest BCUT2D eigenvalue weighted by molar-refractivity contribution is -0.170. The predicted octanol–water partition coefficient (Wildman–Crippen LogP) is 1.53. The summed E-state index contributed by atoms with van der Waals surface area (Å²) in [6.45, 7) is 4.05. The minimum Gasteiger partial charge on any atom is -0.356 e. The van der Waals surface area contributed by atoms with E-state index in [1.54, 1.807) is 0 Å². The molecule has 1 aromatic carbocycles. The quantitative estimate of drug-likeness (QED) is 0.741. The van der Waals surface area contributed by atoms with Gasteiger partial charge in [-0.05, 0) is 39.4 Å². The van der Waals surface area contributed by atoms with Gasteiger partial charge in [-0.25, -0.2) is 0 Å². The molecule has 142 valence electrons. The van der Waals surface area contributed by atoms with Gasteiger partial charge in [0, 0.05) is 25.7 Å². The molecule has 1 aliphatic carbocycles. The summed E-state index contributed by atoms with van der Waals surface area (Å²) in [4.78, 5) is 31.6. The molecule has 1 saturated carbocycles. The van der Waals surface area contributed by atoms with Crippen LogP contribution in [0.15, 0.2) is 30.3 Å². The molecule has 0 spiro atoms. The lowest BCUT2D eigenvalue weighted by Gasteiger charge is -2.42. The van der Waals surface area contributed by atoms with Gasteiger partial charge in [-0.15, -0.1) is 0 Å². The second-order valence-electron chi connectivity index (χ2n) is 7.34. The third kappa shape index (κ3) is 4.07. The van der Waals surface area contributed by atoms with Crippen molar-refractivity contribution in [2.45, 2.75) is 38.0 Å². The van der Waals surface area contributed by atoms with Crippen LogP contribution in [0.2, 0.25) is 0 Å². The van der Waals surface area contributed by atoms with Gasteiger partial charge >= 0.3 is 0 Å². The molecule has 0 radical (unpaired) electrons. The standard InChI is InChI=1S/C20H29N3O3/c1-4-22(13-12-21(2)3)20(25)19-18(15-8-6-5-7-9-15)23(16-10-11-16)17(24)14-26-19/h5-9,16,18-19H,4,10-14H2,1-3H3/t18-,19+/m0/s1. The molecule has 0 unspecified atom stereocenters. The minimum atomic E-state index is -0.641. The Hall–Kier alpha value is -1.92. The maximum Gasteiger partial charge on any atom is 0.254 e. The highest BCUT2D eigenvalue weighted by atomic mass is 16.5. The van der Waals surface area contributed by atoms with E-state index in [1.165, 1.54) is 0 Å². The highest BCUT2D eigenvalue weighted by Gasteiger charge is 2.48. The molecule has 1 aromatic rings. The van der Waals surface area contributed by atoms with Crippen molar-refractivity contribution in [2.24, 2.45) is 0 Å². The van der Waals surface area contributed by atoms with E-state index in [9.17, 15) is 9.59 Å². The summed E-state index contributed by atoms with van der Waals surface area (Å²) in [5.74, 6) is -0.0388. The largest absolute Gasteiger partial charge is 0.356 e. The van der Waals surface area contributed by atoms with Crippen LogP contribution in [0.4, 0.5) is 0 Å². The lowest BCUT2D eigenvalue weighted by atomic mass is 9.96. The van der Waals surface area contributed by atoms with Gasteiger partial charge in [0.25, 0.3) is 5.91 Å². The monoisotopic (exact) mass is 359 g/mol. The number of morpholine rings is 1. The first-order valence-electron chi connectivity index (χ1n) is 9.44. The van der Waals surface area contributed by atoms with Crippen molar-refractivity contribution in [1.29, 1.82) is 0 Å². The van der Waals surface area contributed by atoms with Gasteiger partial charge in [-0.3, -0.25) is 9.59 Å². The Morgan fingerprint density at radius 1 is 1.19 bits per heavy atom. The third-order valence-electron chi connectivity index (χ3n) is 5.10. The van der Waals surface area contributed by atoms with Gasteiger partial charge in [0.15, 0.2) is 6.10 Å². The summed E-state index contributed by atoms with van der Waals surface area (Å²) in [6, 6.07) is 9.71. The van der Waals surface area contributed by atoms with Gasteiger partial charge in [0.05, 0.1) is 6.04 Å². The van der Waals surface area contributed by atoms with Gasteiger partial charge in [0.2, 0.25) is 5.91 Å². The second kappa shape index (κ2) is 8.18. The van der Waals surface area contributed by atoms with Crippen LogP contribution in [-0.2, 0) is 14.3 Å². The minimum absolute atomic E-state index is 0.0123. The van der Waals surface area contributed by atoms with Crippen molar-refractivity contribution in [3.05, 3.63) is 35.9 Å². The molecule has 1 heterocycles. The summed E-state index contributed by atoms with van der Waals surface area (Å²) in [6.07, 6.45) is 1.38. The number of nitrogens with zero attached hydrogens (tertiary/aromatic N) is 3. The topological polar surface area (TPSA) is 53.1 Å². The highest BCUT2D eigenvalue weighted by Crippen LogP contribution is 2.39. The van der Waals surface area contributed by atoms with Crippen LogP contribution in [0.5, 0.6) is 0 Å². The number of likely N-dealkylation sites (N-methyl/N-ethyl adjacent to an activating group) is 2. The Kier molecular flexibility index (Phi) is 5.94. The Labute approximate surface area is 155 Å². The zero-order valence-electron chi connectivity index (χ0n) is 15.9. The number of hydrogen-bond acceptors (Lipinski definition) is 4. The van der Waals surface area contributed by atoms with Gasteiger partial charge in [-0.2, -0.15) is 0 Å². The molecule has 2 aliphatic rings. The number of carbonyl (C=O) groups is 2. The zero-order valence-corrected chi connectivity index (χ0v) is 15.9. The second-order valence-corrected chi connectivity index (χ2v) is 7.34. The first-order valence-corrected chi connectivity index (χ1v) is 9.44. The smallest absolute Gasteiger partial charge is 0.254 e. The molecule has 0 bridgehead atoms. The highest BCUT2D eigenvalue weighted by molar-refractivity contribution is 5.86. The fourth-order valence-corrected chi connectivity index (χ4v) is 3.53. The summed E-state index contributed by atoms with van der Waals surface area (Å²) in [5, 5.41) is 0. The first kappa shape index (κ1) is 18.9. The fraction of sp³-hybridized carbons (Fsp3) is 0.600. The molecule has 1 aliphatic heterocycles. The normalized spacial score (nSPS) is 23.4. The summed E-state index contributed by atoms with van der Waals surface area (Å²) >= 11 is 0. The molecule has 6 nitrogen and oxygen atoms in total. The molecular weight excluding hydrogens is 330 g/mol. The van der Waals surface area contributed by atoms with E-state index in [0.717, 1.165) is 24.9 Å². The van der Waals surface area contributed by atoms with Crippen molar-refractivity contribution >= 4 is 11.8 Å². The van der Waals surface area contributed by atoms with Crippen molar-refractivity contribution in [2.75, 3.05) is 40.3 Å². The Morgan fingerprint density at radius 3 is 2.46 bits per heavy atom. The van der Waals surface area contributed by atoms with Crippen LogP contribution in [-0.4, -0.2) is 79.0 Å². The predicted molar refractivity (Wildman–Crippen MR) is 99.6 cm³/mol. The van der Waals surface area contributed by atoms with E-state index < -0.39 is 6.10 Å². The fourth-order valence-electron chi connectivity index (χ4n) is 3.53. The maximum atomic E-state index is 13.3. The van der Waals surface area contributed by atoms with E-state index >= 15 is 0 Å². The summed E-state index contributed by atoms with van der Waals surface area (Å²) < 4.78 is 5.82. The first-order chi connectivity index (χ1) is 12.5. The summed E-state index contributed by atoms with van der Waals surface area (Å²) in [7, 11) is 3.99. The van der Waals surface area contributed by atoms with Crippen LogP contribution in [0.1, 0.15) is 31.4 Å². The maximum absolute atomic E-state index is 13.3. The van der Waals surface area contributed by atoms with Crippen molar-refractivity contribution in [3.8, 4) is 0 Å². The SMILES string of the molecule is CCN(CCN(C)C)C(=O)[C@@H]1OCC(=O)N(C2CC2)[C@H]1c1ccccc1. The number of benzene rings is 1. The van der Waals surface area contributed by atoms with Crippen LogP contribution < -0.4 is 0 Å². The molecule has 0 aromatic heterocycles. The molecule has 2 fully saturated rings. The Morgan fingerprint density at radius 2 is 1.88 bits per heavy atom. The van der Waals surface area contributed by atoms with Gasteiger partial charge < -0.3 is 19.4 Å². The average molecular weight is 359 g/mol. The van der Waals surface area contributed by atoms with E-state index in [1.807, 2.05) is 61.2 Å². The molecule has 3 rings (SSSR count). The average Bonchev–Trinajstić information content (AvgIpc) is 3.47. The number of amides is 2. The van der Waals surface area contributed by atoms with Crippen molar-refractivity contribution in [3.63, 3.8) is 0 Å². The van der Waals surface area contributed by atoms with Gasteiger partial charge in [-0.1, -0.05) is 30.3 Å². The molecule has 0 N–H and O–H groups in total. The van der Waals surface area contributed by atoms with Crippen LogP contribution in [0, 0.1) is 0 Å². The van der Waals surface area contributed by atoms with E-state index in [-0.39, 0.29) is 30.5 Å². The summed E-state index contributed by atoms with van der Waals surface area (Å²) in [5.41, 5.74) is 0.967. The Balaban J connectivity index is 1.87. The molecule has 1 saturated heterocycles. The molecule has 2 atom stereocenters. The van der Waals surface area contributed by atoms with Crippen molar-refractivity contribution in [1.82, 2.24) is 14.7 Å².